The number of nitriles is 1. The van der Waals surface area contributed by atoms with E-state index in [4.69, 9.17) is 4.74 Å². The molecule has 1 aromatic heterocycles. The number of nitrogens with zero attached hydrogens (tertiary/aromatic N) is 2. The number of anilines is 1. The van der Waals surface area contributed by atoms with E-state index in [1.807, 2.05) is 0 Å². The summed E-state index contributed by atoms with van der Waals surface area (Å²) in [6.07, 6.45) is 0.442. The first-order chi connectivity index (χ1) is 16.9. The number of ether oxygens (including phenoxy) is 1. The fourth-order valence-corrected chi connectivity index (χ4v) is 6.76. The maximum atomic E-state index is 13.4. The Morgan fingerprint density at radius 3 is 2.72 bits per heavy atom. The lowest BCUT2D eigenvalue weighted by Crippen LogP contribution is -2.52. The largest absolute Gasteiger partial charge is 0.768 e. The molecule has 4 rings (SSSR count). The molecule has 0 spiro atoms. The fourth-order valence-electron chi connectivity index (χ4n) is 4.90. The summed E-state index contributed by atoms with van der Waals surface area (Å²) in [6.45, 7) is 7.20. The van der Waals surface area contributed by atoms with Gasteiger partial charge in [-0.3, -0.25) is 13.9 Å². The SMILES string of the molecule is CCOc1cc(CC(=O)Nc2sc3c(c2C#N)CN(CC2CC(F)(F)C2)C(C)(C)C3)ccc1S(=O)[O-]. The molecule has 1 N–H and O–H groups in total. The summed E-state index contributed by atoms with van der Waals surface area (Å²) in [5.41, 5.74) is 1.59. The second-order valence-electron chi connectivity index (χ2n) is 9.99. The molecule has 194 valence electrons. The normalized spacial score (nSPS) is 19.6. The van der Waals surface area contributed by atoms with E-state index in [1.165, 1.54) is 23.5 Å². The number of alkyl halides is 2. The third kappa shape index (κ3) is 5.62. The minimum absolute atomic E-state index is 0.0210. The van der Waals surface area contributed by atoms with E-state index in [2.05, 4.69) is 30.1 Å². The number of benzene rings is 1. The predicted octanol–water partition coefficient (Wildman–Crippen LogP) is 4.62. The van der Waals surface area contributed by atoms with Crippen molar-refractivity contribution in [2.75, 3.05) is 18.5 Å². The quantitative estimate of drug-likeness (QED) is 0.494. The van der Waals surface area contributed by atoms with Gasteiger partial charge in [0.05, 0.1) is 23.5 Å². The smallest absolute Gasteiger partial charge is 0.248 e. The second-order valence-corrected chi connectivity index (χ2v) is 12.0. The van der Waals surface area contributed by atoms with Crippen molar-refractivity contribution >= 4 is 33.3 Å². The first-order valence-electron chi connectivity index (χ1n) is 11.7. The van der Waals surface area contributed by atoms with Crippen LogP contribution in [-0.4, -0.2) is 44.2 Å². The molecule has 0 saturated heterocycles. The van der Waals surface area contributed by atoms with Crippen LogP contribution in [0.1, 0.15) is 55.2 Å². The van der Waals surface area contributed by atoms with Crippen LogP contribution in [0, 0.1) is 17.2 Å². The van der Waals surface area contributed by atoms with Crippen LogP contribution in [0.25, 0.3) is 0 Å². The summed E-state index contributed by atoms with van der Waals surface area (Å²) in [5.74, 6) is -2.78. The Hall–Kier alpha value is -2.39. The van der Waals surface area contributed by atoms with Crippen LogP contribution < -0.4 is 10.1 Å². The van der Waals surface area contributed by atoms with Crippen molar-refractivity contribution in [2.45, 2.75) is 69.4 Å². The summed E-state index contributed by atoms with van der Waals surface area (Å²) in [7, 11) is 0. The highest BCUT2D eigenvalue weighted by molar-refractivity contribution is 7.79. The van der Waals surface area contributed by atoms with Crippen molar-refractivity contribution in [3.63, 3.8) is 0 Å². The standard InChI is InChI=1S/C25H29F2N3O4S2/c1-4-34-19-7-15(5-6-21(19)36(32)33)8-22(31)29-23-17(12-28)18-14-30(13-16-9-25(26,27)10-16)24(2,3)11-20(18)35-23/h5-7,16H,4,8-11,13-14H2,1-3H3,(H,29,31)(H,32,33)/p-1. The van der Waals surface area contributed by atoms with Gasteiger partial charge in [0.15, 0.2) is 0 Å². The van der Waals surface area contributed by atoms with Gasteiger partial charge in [-0.25, -0.2) is 8.78 Å². The summed E-state index contributed by atoms with van der Waals surface area (Å²) in [5, 5.41) is 13.2. The monoisotopic (exact) mass is 536 g/mol. The highest BCUT2D eigenvalue weighted by Gasteiger charge is 2.47. The minimum Gasteiger partial charge on any atom is -0.768 e. The number of hydrogen-bond donors (Lipinski definition) is 1. The van der Waals surface area contributed by atoms with Crippen molar-refractivity contribution in [1.29, 1.82) is 5.26 Å². The van der Waals surface area contributed by atoms with Crippen LogP contribution in [0.2, 0.25) is 0 Å². The summed E-state index contributed by atoms with van der Waals surface area (Å²) < 4.78 is 54.9. The first kappa shape index (κ1) is 26.7. The molecular weight excluding hydrogens is 508 g/mol. The van der Waals surface area contributed by atoms with Crippen LogP contribution in [0.5, 0.6) is 5.75 Å². The van der Waals surface area contributed by atoms with E-state index < -0.39 is 17.0 Å². The number of fused-ring (bicyclic) bond motifs is 1. The summed E-state index contributed by atoms with van der Waals surface area (Å²) >= 11 is -1.08. The molecule has 1 fully saturated rings. The van der Waals surface area contributed by atoms with Gasteiger partial charge in [0.1, 0.15) is 16.8 Å². The third-order valence-electron chi connectivity index (χ3n) is 6.76. The van der Waals surface area contributed by atoms with Crippen molar-refractivity contribution in [3.05, 3.63) is 39.8 Å². The molecule has 1 saturated carbocycles. The van der Waals surface area contributed by atoms with Crippen molar-refractivity contribution in [1.82, 2.24) is 4.90 Å². The van der Waals surface area contributed by atoms with Crippen LogP contribution in [-0.2, 0) is 35.3 Å². The number of nitrogens with one attached hydrogen (secondary N) is 1. The van der Waals surface area contributed by atoms with Crippen LogP contribution in [0.3, 0.4) is 0 Å². The highest BCUT2D eigenvalue weighted by Crippen LogP contribution is 2.46. The Morgan fingerprint density at radius 2 is 2.11 bits per heavy atom. The Balaban J connectivity index is 1.49. The molecule has 2 aliphatic rings. The predicted molar refractivity (Wildman–Crippen MR) is 132 cm³/mol. The molecule has 1 aromatic carbocycles. The topological polar surface area (TPSA) is 105 Å². The van der Waals surface area contributed by atoms with Crippen LogP contribution in [0.15, 0.2) is 23.1 Å². The Bertz CT molecular complexity index is 1230. The van der Waals surface area contributed by atoms with Gasteiger partial charge < -0.3 is 14.6 Å². The van der Waals surface area contributed by atoms with Gasteiger partial charge in [0.2, 0.25) is 11.8 Å². The van der Waals surface area contributed by atoms with Crippen LogP contribution >= 0.6 is 11.3 Å². The van der Waals surface area contributed by atoms with Gasteiger partial charge in [0, 0.05) is 48.3 Å². The van der Waals surface area contributed by atoms with E-state index in [1.54, 1.807) is 13.0 Å². The number of carbonyl (C=O) groups is 1. The van der Waals surface area contributed by atoms with Gasteiger partial charge in [-0.1, -0.05) is 6.07 Å². The second kappa shape index (κ2) is 10.2. The molecule has 7 nitrogen and oxygen atoms in total. The fraction of sp³-hybridized carbons (Fsp3) is 0.520. The number of hydrogen-bond acceptors (Lipinski definition) is 7. The summed E-state index contributed by atoms with van der Waals surface area (Å²) in [6, 6.07) is 6.71. The lowest BCUT2D eigenvalue weighted by molar-refractivity contribution is -0.122. The molecule has 1 aliphatic heterocycles. The Kier molecular flexibility index (Phi) is 7.53. The van der Waals surface area contributed by atoms with Crippen molar-refractivity contribution < 1.29 is 27.1 Å². The molecule has 2 aromatic rings. The van der Waals surface area contributed by atoms with E-state index in [-0.39, 0.29) is 53.9 Å². The minimum atomic E-state index is -2.57. The Labute approximate surface area is 215 Å². The van der Waals surface area contributed by atoms with E-state index >= 15 is 0 Å². The van der Waals surface area contributed by atoms with E-state index in [0.29, 0.717) is 35.6 Å². The van der Waals surface area contributed by atoms with Gasteiger partial charge in [-0.05, 0) is 55.5 Å². The van der Waals surface area contributed by atoms with E-state index in [0.717, 1.165) is 10.4 Å². The van der Waals surface area contributed by atoms with Crippen molar-refractivity contribution in [3.8, 4) is 11.8 Å². The maximum absolute atomic E-state index is 13.4. The average Bonchev–Trinajstić information content (AvgIpc) is 3.07. The molecule has 1 atom stereocenters. The molecule has 1 amide bonds. The van der Waals surface area contributed by atoms with E-state index in [9.17, 15) is 27.6 Å². The zero-order valence-electron chi connectivity index (χ0n) is 20.4. The molecule has 2 heterocycles. The van der Waals surface area contributed by atoms with Gasteiger partial charge in [-0.2, -0.15) is 5.26 Å². The van der Waals surface area contributed by atoms with Gasteiger partial charge >= 0.3 is 0 Å². The molecular formula is C25H28F2N3O4S2-. The lowest BCUT2D eigenvalue weighted by Gasteiger charge is -2.46. The number of rotatable bonds is 8. The summed E-state index contributed by atoms with van der Waals surface area (Å²) in [4.78, 5) is 16.1. The molecule has 0 radical (unpaired) electrons. The van der Waals surface area contributed by atoms with Gasteiger partial charge in [-0.15, -0.1) is 11.3 Å². The van der Waals surface area contributed by atoms with Crippen molar-refractivity contribution in [2.24, 2.45) is 5.92 Å². The highest BCUT2D eigenvalue weighted by atomic mass is 32.2. The number of amides is 1. The zero-order valence-corrected chi connectivity index (χ0v) is 22.0. The average molecular weight is 537 g/mol. The zero-order chi connectivity index (χ0) is 26.3. The number of thiophene rings is 1. The molecule has 0 bridgehead atoms. The molecule has 11 heteroatoms. The maximum Gasteiger partial charge on any atom is 0.248 e. The van der Waals surface area contributed by atoms with Gasteiger partial charge in [0.25, 0.3) is 0 Å². The number of halogens is 2. The number of carbonyl (C=O) groups excluding carboxylic acids is 1. The molecule has 1 aliphatic carbocycles. The third-order valence-corrected chi connectivity index (χ3v) is 8.60. The van der Waals surface area contributed by atoms with Crippen LogP contribution in [0.4, 0.5) is 13.8 Å². The molecule has 36 heavy (non-hydrogen) atoms. The Morgan fingerprint density at radius 1 is 1.39 bits per heavy atom. The molecule has 1 unspecified atom stereocenters. The lowest BCUT2D eigenvalue weighted by atomic mass is 9.79. The first-order valence-corrected chi connectivity index (χ1v) is 13.6.